The van der Waals surface area contributed by atoms with Gasteiger partial charge >= 0.3 is 5.97 Å². The van der Waals surface area contributed by atoms with Crippen molar-refractivity contribution < 1.29 is 29.2 Å². The molecule has 0 aliphatic heterocycles. The van der Waals surface area contributed by atoms with Gasteiger partial charge in [-0.1, -0.05) is 0 Å². The number of aliphatic hydroxyl groups is 2. The lowest BCUT2D eigenvalue weighted by Crippen LogP contribution is -2.40. The zero-order valence-electron chi connectivity index (χ0n) is 10.1. The smallest absolute Gasteiger partial charge is 0.338 e. The van der Waals surface area contributed by atoms with E-state index in [1.54, 1.807) is 6.92 Å². The molecule has 1 rings (SSSR count). The summed E-state index contributed by atoms with van der Waals surface area (Å²) >= 11 is 0. The highest BCUT2D eigenvalue weighted by Crippen LogP contribution is 2.23. The van der Waals surface area contributed by atoms with E-state index in [0.29, 0.717) is 4.73 Å². The minimum Gasteiger partial charge on any atom is -0.618 e. The molecule has 7 heteroatoms. The van der Waals surface area contributed by atoms with Crippen molar-refractivity contribution in [1.82, 2.24) is 0 Å². The van der Waals surface area contributed by atoms with Crippen LogP contribution >= 0.6 is 0 Å². The van der Waals surface area contributed by atoms with Gasteiger partial charge in [-0.25, -0.2) is 4.79 Å². The largest absolute Gasteiger partial charge is 0.618 e. The van der Waals surface area contributed by atoms with E-state index in [1.807, 2.05) is 0 Å². The van der Waals surface area contributed by atoms with Crippen molar-refractivity contribution in [2.24, 2.45) is 0 Å². The summed E-state index contributed by atoms with van der Waals surface area (Å²) < 4.78 is 9.78. The third-order valence-corrected chi connectivity index (χ3v) is 2.29. The molecule has 0 aliphatic rings. The first-order valence-corrected chi connectivity index (χ1v) is 5.31. The van der Waals surface area contributed by atoms with E-state index >= 15 is 0 Å². The SMILES string of the molecule is CCOC(=O)[C@H](O)[C@@H](O)c1c(OC)ccc[n+]1[O-]. The zero-order chi connectivity index (χ0) is 13.7. The third kappa shape index (κ3) is 2.88. The fraction of sp³-hybridized carbons (Fsp3) is 0.455. The lowest BCUT2D eigenvalue weighted by molar-refractivity contribution is -0.619. The number of hydrogen-bond donors (Lipinski definition) is 2. The molecule has 0 bridgehead atoms. The number of rotatable bonds is 5. The molecule has 1 heterocycles. The van der Waals surface area contributed by atoms with Crippen LogP contribution in [0.3, 0.4) is 0 Å². The third-order valence-electron chi connectivity index (χ3n) is 2.29. The van der Waals surface area contributed by atoms with Crippen LogP contribution in [0, 0.1) is 5.21 Å². The Bertz CT molecular complexity index is 422. The summed E-state index contributed by atoms with van der Waals surface area (Å²) in [6.45, 7) is 1.62. The van der Waals surface area contributed by atoms with Crippen molar-refractivity contribution in [3.8, 4) is 5.75 Å². The number of methoxy groups -OCH3 is 1. The standard InChI is InChI=1S/C11H15NO6/c1-3-18-11(15)10(14)9(13)8-7(17-2)5-4-6-12(8)16/h4-6,9-10,13-14H,3H2,1-2H3/t9-,10+/m0/s1. The first-order valence-electron chi connectivity index (χ1n) is 5.31. The second-order valence-electron chi connectivity index (χ2n) is 3.43. The van der Waals surface area contributed by atoms with Gasteiger partial charge in [-0.05, 0) is 13.0 Å². The molecule has 100 valence electrons. The van der Waals surface area contributed by atoms with Gasteiger partial charge in [0.1, 0.15) is 0 Å². The monoisotopic (exact) mass is 257 g/mol. The molecule has 7 nitrogen and oxygen atoms in total. The van der Waals surface area contributed by atoms with Crippen molar-refractivity contribution in [1.29, 1.82) is 0 Å². The molecule has 0 aliphatic carbocycles. The first kappa shape index (κ1) is 14.2. The molecule has 0 aromatic carbocycles. The predicted molar refractivity (Wildman–Crippen MR) is 59.6 cm³/mol. The number of esters is 1. The van der Waals surface area contributed by atoms with Gasteiger partial charge in [0, 0.05) is 6.07 Å². The molecule has 2 atom stereocenters. The normalized spacial score (nSPS) is 13.8. The second-order valence-corrected chi connectivity index (χ2v) is 3.43. The molecule has 0 radical (unpaired) electrons. The van der Waals surface area contributed by atoms with Gasteiger partial charge in [0.25, 0.3) is 5.69 Å². The van der Waals surface area contributed by atoms with E-state index in [-0.39, 0.29) is 18.1 Å². The Labute approximate surface area is 104 Å². The van der Waals surface area contributed by atoms with Gasteiger partial charge in [0.05, 0.1) is 13.7 Å². The molecule has 0 spiro atoms. The minimum absolute atomic E-state index is 0.0614. The molecular weight excluding hydrogens is 242 g/mol. The molecule has 1 aromatic heterocycles. The van der Waals surface area contributed by atoms with Gasteiger partial charge in [-0.2, -0.15) is 4.73 Å². The number of carbonyl (C=O) groups is 1. The number of nitrogens with zero attached hydrogens (tertiary/aromatic N) is 1. The van der Waals surface area contributed by atoms with Crippen molar-refractivity contribution in [2.75, 3.05) is 13.7 Å². The van der Waals surface area contributed by atoms with Crippen LogP contribution < -0.4 is 9.47 Å². The van der Waals surface area contributed by atoms with E-state index in [4.69, 9.17) is 4.74 Å². The molecule has 1 aromatic rings. The minimum atomic E-state index is -1.85. The molecule has 2 N–H and O–H groups in total. The van der Waals surface area contributed by atoms with Crippen LogP contribution in [-0.4, -0.2) is 36.0 Å². The first-order chi connectivity index (χ1) is 8.52. The Morgan fingerprint density at radius 3 is 2.78 bits per heavy atom. The summed E-state index contributed by atoms with van der Waals surface area (Å²) in [5.74, 6) is -0.931. The Morgan fingerprint density at radius 1 is 1.56 bits per heavy atom. The van der Waals surface area contributed by atoms with Crippen molar-refractivity contribution in [2.45, 2.75) is 19.1 Å². The number of ether oxygens (including phenoxy) is 2. The number of hydrogen-bond acceptors (Lipinski definition) is 6. The maximum atomic E-state index is 11.5. The van der Waals surface area contributed by atoms with Crippen molar-refractivity contribution in [3.05, 3.63) is 29.2 Å². The van der Waals surface area contributed by atoms with Gasteiger partial charge in [-0.3, -0.25) is 0 Å². The van der Waals surface area contributed by atoms with Crippen LogP contribution in [0.5, 0.6) is 5.75 Å². The zero-order valence-corrected chi connectivity index (χ0v) is 10.1. The lowest BCUT2D eigenvalue weighted by Gasteiger charge is -2.17. The molecule has 18 heavy (non-hydrogen) atoms. The number of carbonyl (C=O) groups excluding carboxylic acids is 1. The van der Waals surface area contributed by atoms with E-state index in [1.165, 1.54) is 19.2 Å². The average Bonchev–Trinajstić information content (AvgIpc) is 2.36. The van der Waals surface area contributed by atoms with Crippen molar-refractivity contribution >= 4 is 5.97 Å². The van der Waals surface area contributed by atoms with Crippen LogP contribution in [0.4, 0.5) is 0 Å². The van der Waals surface area contributed by atoms with E-state index in [2.05, 4.69) is 4.74 Å². The predicted octanol–water partition coefficient (Wildman–Crippen LogP) is -0.714. The summed E-state index contributed by atoms with van der Waals surface area (Å²) in [5, 5.41) is 30.9. The maximum absolute atomic E-state index is 11.5. The Morgan fingerprint density at radius 2 is 2.22 bits per heavy atom. The lowest BCUT2D eigenvalue weighted by atomic mass is 10.1. The fourth-order valence-corrected chi connectivity index (χ4v) is 1.44. The van der Waals surface area contributed by atoms with E-state index in [9.17, 15) is 20.2 Å². The van der Waals surface area contributed by atoms with E-state index in [0.717, 1.165) is 6.20 Å². The highest BCUT2D eigenvalue weighted by molar-refractivity contribution is 5.75. The van der Waals surface area contributed by atoms with Crippen LogP contribution in [0.2, 0.25) is 0 Å². The van der Waals surface area contributed by atoms with E-state index < -0.39 is 18.2 Å². The number of aliphatic hydroxyl groups excluding tert-OH is 2. The molecule has 0 saturated carbocycles. The summed E-state index contributed by atoms with van der Waals surface area (Å²) in [4.78, 5) is 11.3. The molecule has 0 amide bonds. The molecular formula is C11H15NO6. The Balaban J connectivity index is 3.02. The summed E-state index contributed by atoms with van der Waals surface area (Å²) in [5.41, 5.74) is -0.249. The molecule has 0 fully saturated rings. The molecule has 0 unspecified atom stereocenters. The van der Waals surface area contributed by atoms with Crippen LogP contribution in [0.1, 0.15) is 18.7 Å². The van der Waals surface area contributed by atoms with Gasteiger partial charge in [0.2, 0.25) is 0 Å². The van der Waals surface area contributed by atoms with Crippen LogP contribution in [-0.2, 0) is 9.53 Å². The summed E-state index contributed by atoms with van der Waals surface area (Å²) in [7, 11) is 1.31. The topological polar surface area (TPSA) is 103 Å². The van der Waals surface area contributed by atoms with Crippen molar-refractivity contribution in [3.63, 3.8) is 0 Å². The number of aromatic nitrogens is 1. The van der Waals surface area contributed by atoms with Crippen LogP contribution in [0.15, 0.2) is 18.3 Å². The summed E-state index contributed by atoms with van der Waals surface area (Å²) in [6, 6.07) is 2.85. The highest BCUT2D eigenvalue weighted by Gasteiger charge is 2.35. The quantitative estimate of drug-likeness (QED) is 0.410. The fourth-order valence-electron chi connectivity index (χ4n) is 1.44. The average molecular weight is 257 g/mol. The second kappa shape index (κ2) is 6.18. The highest BCUT2D eigenvalue weighted by atomic mass is 16.5. The van der Waals surface area contributed by atoms with Gasteiger partial charge in [-0.15, -0.1) is 0 Å². The Kier molecular flexibility index (Phi) is 4.87. The van der Waals surface area contributed by atoms with Crippen LogP contribution in [0.25, 0.3) is 0 Å². The maximum Gasteiger partial charge on any atom is 0.338 e. The number of pyridine rings is 1. The summed E-state index contributed by atoms with van der Waals surface area (Å²) in [6.07, 6.45) is -2.45. The Hall–Kier alpha value is -1.86. The van der Waals surface area contributed by atoms with Gasteiger partial charge < -0.3 is 24.9 Å². The molecule has 0 saturated heterocycles. The van der Waals surface area contributed by atoms with Gasteiger partial charge in [0.15, 0.2) is 24.2 Å².